The Hall–Kier alpha value is -1.63. The number of nitrogens with one attached hydrogen (secondary N) is 1. The van der Waals surface area contributed by atoms with Crippen molar-refractivity contribution in [2.45, 2.75) is 51.9 Å². The molecule has 2 atom stereocenters. The summed E-state index contributed by atoms with van der Waals surface area (Å²) in [7, 11) is 0. The average molecular weight is 286 g/mol. The quantitative estimate of drug-likeness (QED) is 0.716. The smallest absolute Gasteiger partial charge is 0.332 e. The lowest BCUT2D eigenvalue weighted by Crippen LogP contribution is -2.46. The van der Waals surface area contributed by atoms with E-state index in [1.807, 2.05) is 13.8 Å². The summed E-state index contributed by atoms with van der Waals surface area (Å²) in [6, 6.07) is 0.00966. The molecule has 0 aromatic heterocycles. The first kappa shape index (κ1) is 16.4. The van der Waals surface area contributed by atoms with E-state index in [0.29, 0.717) is 19.4 Å². The second-order valence-electron chi connectivity index (χ2n) is 5.10. The zero-order chi connectivity index (χ0) is 15.3. The molecule has 0 bridgehead atoms. The van der Waals surface area contributed by atoms with Gasteiger partial charge in [0, 0.05) is 12.6 Å². The predicted octanol–water partition coefficient (Wildman–Crippen LogP) is -0.00830. The third kappa shape index (κ3) is 4.48. The number of nitrogens with zero attached hydrogens (tertiary/aromatic N) is 1. The fourth-order valence-electron chi connectivity index (χ4n) is 2.09. The molecule has 0 spiro atoms. The molecule has 2 N–H and O–H groups in total. The van der Waals surface area contributed by atoms with Gasteiger partial charge >= 0.3 is 5.97 Å². The van der Waals surface area contributed by atoms with Crippen LogP contribution in [0, 0.1) is 0 Å². The molecule has 0 radical (unpaired) electrons. The molecule has 7 heteroatoms. The topological polar surface area (TPSA) is 95.9 Å². The Morgan fingerprint density at radius 2 is 1.90 bits per heavy atom. The van der Waals surface area contributed by atoms with Crippen molar-refractivity contribution in [3.63, 3.8) is 0 Å². The minimum absolute atomic E-state index is 0.00966. The number of aliphatic carboxylic acids is 1. The summed E-state index contributed by atoms with van der Waals surface area (Å²) in [6.07, 6.45) is -0.991. The van der Waals surface area contributed by atoms with Crippen LogP contribution >= 0.6 is 0 Å². The van der Waals surface area contributed by atoms with E-state index in [0.717, 1.165) is 0 Å². The summed E-state index contributed by atoms with van der Waals surface area (Å²) in [5.41, 5.74) is 0. The molecular weight excluding hydrogens is 264 g/mol. The van der Waals surface area contributed by atoms with Crippen LogP contribution in [0.1, 0.15) is 33.6 Å². The van der Waals surface area contributed by atoms with Gasteiger partial charge in [0.25, 0.3) is 5.91 Å². The molecule has 1 heterocycles. The molecule has 1 saturated heterocycles. The van der Waals surface area contributed by atoms with Gasteiger partial charge in [-0.2, -0.15) is 0 Å². The molecule has 1 aliphatic heterocycles. The van der Waals surface area contributed by atoms with E-state index < -0.39 is 18.2 Å². The number of likely N-dealkylation sites (N-methyl/N-ethyl adjacent to an activating group) is 1. The van der Waals surface area contributed by atoms with Crippen molar-refractivity contribution in [3.8, 4) is 0 Å². The number of hydrogen-bond acceptors (Lipinski definition) is 4. The van der Waals surface area contributed by atoms with Crippen molar-refractivity contribution < 1.29 is 24.2 Å². The maximum atomic E-state index is 12.2. The molecule has 0 aromatic carbocycles. The Morgan fingerprint density at radius 3 is 2.35 bits per heavy atom. The van der Waals surface area contributed by atoms with Crippen LogP contribution in [0.3, 0.4) is 0 Å². The van der Waals surface area contributed by atoms with Crippen molar-refractivity contribution in [1.29, 1.82) is 0 Å². The van der Waals surface area contributed by atoms with E-state index in [1.165, 1.54) is 4.90 Å². The average Bonchev–Trinajstić information content (AvgIpc) is 2.83. The third-order valence-electron chi connectivity index (χ3n) is 3.05. The van der Waals surface area contributed by atoms with Crippen LogP contribution in [-0.2, 0) is 19.1 Å². The van der Waals surface area contributed by atoms with Crippen LogP contribution in [0.2, 0.25) is 0 Å². The van der Waals surface area contributed by atoms with Crippen LogP contribution in [-0.4, -0.2) is 59.1 Å². The fourth-order valence-corrected chi connectivity index (χ4v) is 2.09. The lowest BCUT2D eigenvalue weighted by Gasteiger charge is -2.24. The van der Waals surface area contributed by atoms with Gasteiger partial charge in [-0.25, -0.2) is 4.79 Å². The van der Waals surface area contributed by atoms with E-state index >= 15 is 0 Å². The number of amides is 2. The molecule has 0 aromatic rings. The molecule has 0 unspecified atom stereocenters. The van der Waals surface area contributed by atoms with Gasteiger partial charge in [0.15, 0.2) is 6.10 Å². The maximum absolute atomic E-state index is 12.2. The van der Waals surface area contributed by atoms with Crippen LogP contribution in [0.15, 0.2) is 0 Å². The van der Waals surface area contributed by atoms with Crippen molar-refractivity contribution in [2.75, 3.05) is 13.1 Å². The number of carbonyl (C=O) groups excluding carboxylic acids is 2. The minimum Gasteiger partial charge on any atom is -0.479 e. The van der Waals surface area contributed by atoms with E-state index in [1.54, 1.807) is 6.92 Å². The summed E-state index contributed by atoms with van der Waals surface area (Å²) in [5.74, 6) is -1.61. The molecule has 1 fully saturated rings. The van der Waals surface area contributed by atoms with E-state index in [2.05, 4.69) is 5.32 Å². The molecule has 2 amide bonds. The highest BCUT2D eigenvalue weighted by molar-refractivity contribution is 5.87. The Balaban J connectivity index is 2.55. The zero-order valence-corrected chi connectivity index (χ0v) is 12.1. The molecule has 7 nitrogen and oxygen atoms in total. The highest BCUT2D eigenvalue weighted by atomic mass is 16.5. The van der Waals surface area contributed by atoms with Crippen molar-refractivity contribution in [2.24, 2.45) is 0 Å². The number of carboxylic acids is 1. The lowest BCUT2D eigenvalue weighted by molar-refractivity contribution is -0.155. The van der Waals surface area contributed by atoms with Crippen LogP contribution in [0.5, 0.6) is 0 Å². The van der Waals surface area contributed by atoms with Gasteiger partial charge < -0.3 is 20.1 Å². The van der Waals surface area contributed by atoms with E-state index in [4.69, 9.17) is 9.84 Å². The third-order valence-corrected chi connectivity index (χ3v) is 3.05. The van der Waals surface area contributed by atoms with Gasteiger partial charge in [-0.1, -0.05) is 0 Å². The molecule has 1 aliphatic rings. The summed E-state index contributed by atoms with van der Waals surface area (Å²) in [6.45, 7) is 5.79. The second kappa shape index (κ2) is 7.23. The van der Waals surface area contributed by atoms with Crippen LogP contribution in [0.4, 0.5) is 0 Å². The van der Waals surface area contributed by atoms with Gasteiger partial charge in [-0.15, -0.1) is 0 Å². The summed E-state index contributed by atoms with van der Waals surface area (Å²) < 4.78 is 5.21. The highest BCUT2D eigenvalue weighted by Gasteiger charge is 2.36. The van der Waals surface area contributed by atoms with Gasteiger partial charge in [0.05, 0.1) is 6.54 Å². The summed E-state index contributed by atoms with van der Waals surface area (Å²) in [5, 5.41) is 11.6. The lowest BCUT2D eigenvalue weighted by atomic mass is 10.2. The Kier molecular flexibility index (Phi) is 5.94. The Bertz CT molecular complexity index is 383. The number of rotatable bonds is 6. The minimum atomic E-state index is -1.05. The molecule has 20 heavy (non-hydrogen) atoms. The number of carboxylic acid groups (broad SMARTS) is 1. The first-order chi connectivity index (χ1) is 9.35. The SMILES string of the molecule is CCN(CC(=O)NC(C)C)C(=O)[C@@H]1CC[C@H](C(=O)O)O1. The summed E-state index contributed by atoms with van der Waals surface area (Å²) in [4.78, 5) is 36.0. The number of carbonyl (C=O) groups is 3. The Labute approximate surface area is 118 Å². The monoisotopic (exact) mass is 286 g/mol. The molecular formula is C13H22N2O5. The van der Waals surface area contributed by atoms with E-state index in [9.17, 15) is 14.4 Å². The second-order valence-corrected chi connectivity index (χ2v) is 5.10. The molecule has 1 rings (SSSR count). The zero-order valence-electron chi connectivity index (χ0n) is 12.1. The van der Waals surface area contributed by atoms with Crippen molar-refractivity contribution in [3.05, 3.63) is 0 Å². The highest BCUT2D eigenvalue weighted by Crippen LogP contribution is 2.21. The van der Waals surface area contributed by atoms with Crippen molar-refractivity contribution in [1.82, 2.24) is 10.2 Å². The van der Waals surface area contributed by atoms with Gasteiger partial charge in [0.2, 0.25) is 5.91 Å². The molecule has 114 valence electrons. The summed E-state index contributed by atoms with van der Waals surface area (Å²) >= 11 is 0. The van der Waals surface area contributed by atoms with Crippen LogP contribution < -0.4 is 5.32 Å². The molecule has 0 aliphatic carbocycles. The van der Waals surface area contributed by atoms with Gasteiger partial charge in [-0.3, -0.25) is 9.59 Å². The predicted molar refractivity (Wildman–Crippen MR) is 71.1 cm³/mol. The standard InChI is InChI=1S/C13H22N2O5/c1-4-15(7-11(16)14-8(2)3)12(17)9-5-6-10(20-9)13(18)19/h8-10H,4-7H2,1-3H3,(H,14,16)(H,18,19)/t9-,10+/m0/s1. The largest absolute Gasteiger partial charge is 0.479 e. The maximum Gasteiger partial charge on any atom is 0.332 e. The normalized spacial score (nSPS) is 21.8. The fraction of sp³-hybridized carbons (Fsp3) is 0.769. The number of ether oxygens (including phenoxy) is 1. The Morgan fingerprint density at radius 1 is 1.30 bits per heavy atom. The number of hydrogen-bond donors (Lipinski definition) is 2. The molecule has 0 saturated carbocycles. The van der Waals surface area contributed by atoms with Gasteiger partial charge in [-0.05, 0) is 33.6 Å². The van der Waals surface area contributed by atoms with E-state index in [-0.39, 0.29) is 24.4 Å². The first-order valence-electron chi connectivity index (χ1n) is 6.81. The van der Waals surface area contributed by atoms with Crippen molar-refractivity contribution >= 4 is 17.8 Å². The van der Waals surface area contributed by atoms with Crippen LogP contribution in [0.25, 0.3) is 0 Å². The first-order valence-corrected chi connectivity index (χ1v) is 6.81. The van der Waals surface area contributed by atoms with Gasteiger partial charge in [0.1, 0.15) is 6.10 Å².